The fourth-order valence-corrected chi connectivity index (χ4v) is 1.74. The number of aliphatic hydroxyl groups excluding tert-OH is 1. The molecule has 94 valence electrons. The Bertz CT molecular complexity index is 383. The number of aliphatic hydroxyl groups is 1. The summed E-state index contributed by atoms with van der Waals surface area (Å²) in [4.78, 5) is 0. The lowest BCUT2D eigenvalue weighted by molar-refractivity contribution is 0.0325. The van der Waals surface area contributed by atoms with Gasteiger partial charge in [0, 0.05) is 18.7 Å². The van der Waals surface area contributed by atoms with Crippen molar-refractivity contribution in [3.8, 4) is 11.5 Å². The fourth-order valence-electron chi connectivity index (χ4n) is 1.74. The van der Waals surface area contributed by atoms with Gasteiger partial charge in [0.05, 0.1) is 12.6 Å². The molecule has 0 aliphatic carbocycles. The first-order valence-corrected chi connectivity index (χ1v) is 5.53. The molecular weight excluding hydrogens is 222 g/mol. The molecule has 1 aromatic rings. The van der Waals surface area contributed by atoms with Gasteiger partial charge in [0.25, 0.3) is 0 Å². The molecule has 2 atom stereocenters. The normalized spacial score (nSPS) is 19.6. The summed E-state index contributed by atoms with van der Waals surface area (Å²) in [6.45, 7) is 0.954. The molecule has 3 N–H and O–H groups in total. The molecule has 0 saturated heterocycles. The Morgan fingerprint density at radius 2 is 2.35 bits per heavy atom. The lowest BCUT2D eigenvalue weighted by atomic mass is 10.1. The van der Waals surface area contributed by atoms with Crippen LogP contribution in [0.15, 0.2) is 18.2 Å². The highest BCUT2D eigenvalue weighted by Gasteiger charge is 2.20. The van der Waals surface area contributed by atoms with Gasteiger partial charge >= 0.3 is 0 Å². The second-order valence-electron chi connectivity index (χ2n) is 4.04. The van der Waals surface area contributed by atoms with Gasteiger partial charge in [-0.25, -0.2) is 0 Å². The Morgan fingerprint density at radius 3 is 3.12 bits per heavy atom. The van der Waals surface area contributed by atoms with Crippen molar-refractivity contribution in [2.45, 2.75) is 12.1 Å². The molecule has 0 fully saturated rings. The largest absolute Gasteiger partial charge is 0.491 e. The van der Waals surface area contributed by atoms with Crippen LogP contribution in [-0.2, 0) is 4.74 Å². The molecule has 0 aromatic heterocycles. The number of nitrogens with two attached hydrogens (primary N) is 1. The van der Waals surface area contributed by atoms with Crippen LogP contribution in [0.2, 0.25) is 0 Å². The summed E-state index contributed by atoms with van der Waals surface area (Å²) in [6.07, 6.45) is -0.628. The van der Waals surface area contributed by atoms with Gasteiger partial charge in [-0.15, -0.1) is 0 Å². The van der Waals surface area contributed by atoms with Crippen LogP contribution in [-0.4, -0.2) is 38.1 Å². The number of ether oxygens (including phenoxy) is 3. The molecule has 1 aliphatic rings. The maximum atomic E-state index is 9.44. The molecule has 0 amide bonds. The zero-order valence-corrected chi connectivity index (χ0v) is 9.76. The standard InChI is InChI=1S/C12H17NO4/c1-15-5-8(14)6-16-9-2-3-10-11(13)7-17-12(10)4-9/h2-4,8,11,14H,5-7,13H2,1H3. The molecule has 0 radical (unpaired) electrons. The third-order valence-corrected chi connectivity index (χ3v) is 2.60. The van der Waals surface area contributed by atoms with Crippen LogP contribution in [0, 0.1) is 0 Å². The number of hydrogen-bond acceptors (Lipinski definition) is 5. The molecule has 0 saturated carbocycles. The van der Waals surface area contributed by atoms with Gasteiger partial charge in [-0.05, 0) is 12.1 Å². The van der Waals surface area contributed by atoms with E-state index in [9.17, 15) is 5.11 Å². The molecule has 17 heavy (non-hydrogen) atoms. The lowest BCUT2D eigenvalue weighted by Crippen LogP contribution is -2.22. The number of benzene rings is 1. The summed E-state index contributed by atoms with van der Waals surface area (Å²) < 4.78 is 15.7. The first kappa shape index (κ1) is 12.2. The van der Waals surface area contributed by atoms with Crippen molar-refractivity contribution in [1.29, 1.82) is 0 Å². The summed E-state index contributed by atoms with van der Waals surface area (Å²) in [5.41, 5.74) is 6.83. The van der Waals surface area contributed by atoms with Crippen molar-refractivity contribution in [2.24, 2.45) is 5.73 Å². The zero-order chi connectivity index (χ0) is 12.3. The second-order valence-corrected chi connectivity index (χ2v) is 4.04. The highest BCUT2D eigenvalue weighted by molar-refractivity contribution is 5.44. The smallest absolute Gasteiger partial charge is 0.127 e. The molecule has 1 aromatic carbocycles. The minimum atomic E-state index is -0.628. The van der Waals surface area contributed by atoms with E-state index in [1.54, 1.807) is 6.07 Å². The zero-order valence-electron chi connectivity index (χ0n) is 9.76. The van der Waals surface area contributed by atoms with Crippen molar-refractivity contribution < 1.29 is 19.3 Å². The molecule has 1 heterocycles. The number of rotatable bonds is 5. The van der Waals surface area contributed by atoms with E-state index in [4.69, 9.17) is 19.9 Å². The van der Waals surface area contributed by atoms with Crippen LogP contribution < -0.4 is 15.2 Å². The van der Waals surface area contributed by atoms with Gasteiger partial charge in [-0.3, -0.25) is 0 Å². The monoisotopic (exact) mass is 239 g/mol. The average molecular weight is 239 g/mol. The lowest BCUT2D eigenvalue weighted by Gasteiger charge is -2.12. The van der Waals surface area contributed by atoms with E-state index in [-0.39, 0.29) is 19.3 Å². The Kier molecular flexibility index (Phi) is 3.83. The summed E-state index contributed by atoms with van der Waals surface area (Å²) in [6, 6.07) is 5.46. The Balaban J connectivity index is 1.94. The van der Waals surface area contributed by atoms with Gasteiger partial charge in [0.1, 0.15) is 30.8 Å². The first-order chi connectivity index (χ1) is 8.20. The average Bonchev–Trinajstić information content (AvgIpc) is 2.69. The number of fused-ring (bicyclic) bond motifs is 1. The Morgan fingerprint density at radius 1 is 1.53 bits per heavy atom. The number of methoxy groups -OCH3 is 1. The Hall–Kier alpha value is -1.30. The van der Waals surface area contributed by atoms with Gasteiger partial charge in [0.2, 0.25) is 0 Å². The Labute approximate surface area is 100 Å². The minimum Gasteiger partial charge on any atom is -0.491 e. The van der Waals surface area contributed by atoms with E-state index in [0.29, 0.717) is 12.4 Å². The quantitative estimate of drug-likeness (QED) is 0.781. The molecule has 1 aliphatic heterocycles. The maximum Gasteiger partial charge on any atom is 0.127 e. The molecular formula is C12H17NO4. The SMILES string of the molecule is COCC(O)COc1ccc2c(c1)OCC2N. The van der Waals surface area contributed by atoms with Gasteiger partial charge in [0.15, 0.2) is 0 Å². The maximum absolute atomic E-state index is 9.44. The van der Waals surface area contributed by atoms with Crippen LogP contribution >= 0.6 is 0 Å². The van der Waals surface area contributed by atoms with Crippen LogP contribution in [0.4, 0.5) is 0 Å². The summed E-state index contributed by atoms with van der Waals surface area (Å²) in [7, 11) is 1.54. The highest BCUT2D eigenvalue weighted by atomic mass is 16.5. The van der Waals surface area contributed by atoms with E-state index in [2.05, 4.69) is 0 Å². The van der Waals surface area contributed by atoms with Crippen LogP contribution in [0.1, 0.15) is 11.6 Å². The molecule has 0 bridgehead atoms. The molecule has 2 rings (SSSR count). The molecule has 0 spiro atoms. The predicted octanol–water partition coefficient (Wildman–Crippen LogP) is 0.465. The summed E-state index contributed by atoms with van der Waals surface area (Å²) in [5.74, 6) is 1.42. The van der Waals surface area contributed by atoms with Gasteiger partial charge < -0.3 is 25.1 Å². The number of hydrogen-bond donors (Lipinski definition) is 2. The van der Waals surface area contributed by atoms with E-state index in [1.165, 1.54) is 7.11 Å². The van der Waals surface area contributed by atoms with Crippen LogP contribution in [0.5, 0.6) is 11.5 Å². The van der Waals surface area contributed by atoms with Crippen molar-refractivity contribution in [3.05, 3.63) is 23.8 Å². The van der Waals surface area contributed by atoms with Gasteiger partial charge in [-0.2, -0.15) is 0 Å². The topological polar surface area (TPSA) is 73.9 Å². The van der Waals surface area contributed by atoms with Crippen LogP contribution in [0.3, 0.4) is 0 Å². The van der Waals surface area contributed by atoms with Crippen LogP contribution in [0.25, 0.3) is 0 Å². The van der Waals surface area contributed by atoms with E-state index < -0.39 is 6.10 Å². The van der Waals surface area contributed by atoms with E-state index in [1.807, 2.05) is 12.1 Å². The summed E-state index contributed by atoms with van der Waals surface area (Å²) >= 11 is 0. The van der Waals surface area contributed by atoms with Crippen molar-refractivity contribution in [1.82, 2.24) is 0 Å². The van der Waals surface area contributed by atoms with Gasteiger partial charge in [-0.1, -0.05) is 0 Å². The molecule has 5 heteroatoms. The molecule has 2 unspecified atom stereocenters. The van der Waals surface area contributed by atoms with Crippen molar-refractivity contribution >= 4 is 0 Å². The van der Waals surface area contributed by atoms with Crippen molar-refractivity contribution in [3.63, 3.8) is 0 Å². The second kappa shape index (κ2) is 5.35. The third kappa shape index (κ3) is 2.88. The summed E-state index contributed by atoms with van der Waals surface area (Å²) in [5, 5.41) is 9.44. The van der Waals surface area contributed by atoms with E-state index in [0.717, 1.165) is 11.3 Å². The minimum absolute atomic E-state index is 0.0573. The first-order valence-electron chi connectivity index (χ1n) is 5.53. The predicted molar refractivity (Wildman–Crippen MR) is 62.2 cm³/mol. The third-order valence-electron chi connectivity index (χ3n) is 2.60. The van der Waals surface area contributed by atoms with E-state index >= 15 is 0 Å². The highest BCUT2D eigenvalue weighted by Crippen LogP contribution is 2.33. The fraction of sp³-hybridized carbons (Fsp3) is 0.500. The van der Waals surface area contributed by atoms with Crippen molar-refractivity contribution in [2.75, 3.05) is 26.9 Å². The molecule has 5 nitrogen and oxygen atoms in total.